The fourth-order valence-corrected chi connectivity index (χ4v) is 3.71. The zero-order chi connectivity index (χ0) is 19.6. The number of nitrogens with zero attached hydrogens (tertiary/aromatic N) is 1. The van der Waals surface area contributed by atoms with E-state index in [-0.39, 0.29) is 4.90 Å². The highest BCUT2D eigenvalue weighted by Crippen LogP contribution is 2.32. The first kappa shape index (κ1) is 19.1. The third-order valence-corrected chi connectivity index (χ3v) is 5.86. The average molecular weight is 394 g/mol. The number of carbonyl (C=O) groups excluding carboxylic acids is 1. The number of sulfonamides is 1. The highest BCUT2D eigenvalue weighted by atomic mass is 32.2. The van der Waals surface area contributed by atoms with Crippen molar-refractivity contribution in [3.63, 3.8) is 0 Å². The Morgan fingerprint density at radius 2 is 1.85 bits per heavy atom. The van der Waals surface area contributed by atoms with Crippen LogP contribution in [-0.4, -0.2) is 45.4 Å². The molecule has 0 atom stereocenters. The van der Waals surface area contributed by atoms with Gasteiger partial charge in [-0.25, -0.2) is 12.8 Å². The van der Waals surface area contributed by atoms with Crippen LogP contribution >= 0.6 is 0 Å². The molecule has 0 radical (unpaired) electrons. The van der Waals surface area contributed by atoms with Crippen LogP contribution in [0.5, 0.6) is 11.5 Å². The molecule has 3 rings (SSSR count). The molecule has 2 aromatic rings. The van der Waals surface area contributed by atoms with Gasteiger partial charge in [0.2, 0.25) is 15.9 Å². The highest BCUT2D eigenvalue weighted by Gasteiger charge is 2.25. The number of nitrogens with one attached hydrogen (secondary N) is 1. The van der Waals surface area contributed by atoms with E-state index in [2.05, 4.69) is 5.32 Å². The maximum absolute atomic E-state index is 13.3. The van der Waals surface area contributed by atoms with Crippen molar-refractivity contribution in [1.29, 1.82) is 0 Å². The molecule has 1 aliphatic rings. The summed E-state index contributed by atoms with van der Waals surface area (Å²) in [5.74, 6) is -0.252. The minimum Gasteiger partial charge on any atom is -0.486 e. The maximum Gasteiger partial charge on any atom is 0.243 e. The molecule has 7 nitrogen and oxygen atoms in total. The normalized spacial score (nSPS) is 13.5. The average Bonchev–Trinajstić information content (AvgIpc) is 2.64. The first-order valence-corrected chi connectivity index (χ1v) is 9.63. The second-order valence-electron chi connectivity index (χ2n) is 6.07. The molecule has 0 spiro atoms. The largest absolute Gasteiger partial charge is 0.486 e. The Morgan fingerprint density at radius 1 is 1.15 bits per heavy atom. The summed E-state index contributed by atoms with van der Waals surface area (Å²) in [6.07, 6.45) is 0. The van der Waals surface area contributed by atoms with E-state index in [0.717, 1.165) is 4.31 Å². The Morgan fingerprint density at radius 3 is 2.59 bits per heavy atom. The number of aryl methyl sites for hydroxylation is 1. The number of amides is 1. The van der Waals surface area contributed by atoms with Crippen LogP contribution in [0, 0.1) is 12.7 Å². The molecule has 9 heteroatoms. The van der Waals surface area contributed by atoms with Crippen LogP contribution in [0.2, 0.25) is 0 Å². The third kappa shape index (κ3) is 4.20. The van der Waals surface area contributed by atoms with Crippen molar-refractivity contribution in [1.82, 2.24) is 4.31 Å². The molecule has 0 saturated carbocycles. The van der Waals surface area contributed by atoms with Crippen LogP contribution in [-0.2, 0) is 14.8 Å². The van der Waals surface area contributed by atoms with Gasteiger partial charge in [0.1, 0.15) is 19.0 Å². The molecule has 0 aromatic heterocycles. The van der Waals surface area contributed by atoms with Gasteiger partial charge in [-0.2, -0.15) is 4.31 Å². The number of ether oxygens (including phenoxy) is 2. The molecule has 1 N–H and O–H groups in total. The molecule has 144 valence electrons. The van der Waals surface area contributed by atoms with E-state index in [4.69, 9.17) is 9.47 Å². The lowest BCUT2D eigenvalue weighted by molar-refractivity contribution is -0.116. The van der Waals surface area contributed by atoms with E-state index < -0.39 is 28.3 Å². The molecule has 0 saturated heterocycles. The SMILES string of the molecule is Cc1ccc(F)cc1NC(=O)CN(C)S(=O)(=O)c1ccc2c(c1)OCCO2. The number of hydrogen-bond donors (Lipinski definition) is 1. The quantitative estimate of drug-likeness (QED) is 0.840. The predicted octanol–water partition coefficient (Wildman–Crippen LogP) is 2.16. The lowest BCUT2D eigenvalue weighted by atomic mass is 10.2. The molecular formula is C18H19FN2O5S. The number of benzene rings is 2. The van der Waals surface area contributed by atoms with Gasteiger partial charge in [0, 0.05) is 18.8 Å². The molecule has 1 aliphatic heterocycles. The van der Waals surface area contributed by atoms with Crippen molar-refractivity contribution in [3.05, 3.63) is 47.8 Å². The molecule has 0 unspecified atom stereocenters. The molecule has 1 amide bonds. The van der Waals surface area contributed by atoms with Crippen molar-refractivity contribution in [2.24, 2.45) is 0 Å². The summed E-state index contributed by atoms with van der Waals surface area (Å²) in [6.45, 7) is 2.03. The lowest BCUT2D eigenvalue weighted by Gasteiger charge is -2.21. The first-order valence-electron chi connectivity index (χ1n) is 8.19. The summed E-state index contributed by atoms with van der Waals surface area (Å²) in [4.78, 5) is 12.2. The molecule has 27 heavy (non-hydrogen) atoms. The Labute approximate surface area is 156 Å². The molecule has 1 heterocycles. The van der Waals surface area contributed by atoms with Crippen molar-refractivity contribution < 1.29 is 27.1 Å². The highest BCUT2D eigenvalue weighted by molar-refractivity contribution is 7.89. The van der Waals surface area contributed by atoms with Crippen molar-refractivity contribution in [2.45, 2.75) is 11.8 Å². The predicted molar refractivity (Wildman–Crippen MR) is 97.0 cm³/mol. The Kier molecular flexibility index (Phi) is 5.33. The van der Waals surface area contributed by atoms with Gasteiger partial charge in [0.15, 0.2) is 11.5 Å². The van der Waals surface area contributed by atoms with Gasteiger partial charge < -0.3 is 14.8 Å². The minimum atomic E-state index is -3.92. The van der Waals surface area contributed by atoms with E-state index in [9.17, 15) is 17.6 Å². The zero-order valence-corrected chi connectivity index (χ0v) is 15.7. The fourth-order valence-electron chi connectivity index (χ4n) is 2.57. The second kappa shape index (κ2) is 7.53. The molecule has 0 fully saturated rings. The second-order valence-corrected chi connectivity index (χ2v) is 8.12. The van der Waals surface area contributed by atoms with Gasteiger partial charge in [-0.15, -0.1) is 0 Å². The summed E-state index contributed by atoms with van der Waals surface area (Å²) in [5, 5.41) is 2.53. The smallest absolute Gasteiger partial charge is 0.243 e. The third-order valence-electron chi connectivity index (χ3n) is 4.06. The topological polar surface area (TPSA) is 84.9 Å². The van der Waals surface area contributed by atoms with Crippen LogP contribution in [0.25, 0.3) is 0 Å². The number of hydrogen-bond acceptors (Lipinski definition) is 5. The number of likely N-dealkylation sites (N-methyl/N-ethyl adjacent to an activating group) is 1. The van der Waals surface area contributed by atoms with Gasteiger partial charge in [0.25, 0.3) is 0 Å². The number of rotatable bonds is 5. The number of halogens is 1. The summed E-state index contributed by atoms with van der Waals surface area (Å²) in [7, 11) is -2.62. The minimum absolute atomic E-state index is 0.0102. The van der Waals surface area contributed by atoms with Crippen molar-refractivity contribution in [2.75, 3.05) is 32.1 Å². The van der Waals surface area contributed by atoms with Crippen molar-refractivity contribution in [3.8, 4) is 11.5 Å². The molecular weight excluding hydrogens is 375 g/mol. The first-order chi connectivity index (χ1) is 12.8. The number of carbonyl (C=O) groups is 1. The number of anilines is 1. The van der Waals surface area contributed by atoms with Crippen LogP contribution in [0.15, 0.2) is 41.3 Å². The van der Waals surface area contributed by atoms with E-state index in [0.29, 0.717) is 36.0 Å². The van der Waals surface area contributed by atoms with Crippen LogP contribution in [0.3, 0.4) is 0 Å². The summed E-state index contributed by atoms with van der Waals surface area (Å²) in [5.41, 5.74) is 0.965. The van der Waals surface area contributed by atoms with Crippen LogP contribution in [0.4, 0.5) is 10.1 Å². The molecule has 0 aliphatic carbocycles. The maximum atomic E-state index is 13.3. The van der Waals surface area contributed by atoms with Crippen molar-refractivity contribution >= 4 is 21.6 Å². The summed E-state index contributed by atoms with van der Waals surface area (Å²) >= 11 is 0. The van der Waals surface area contributed by atoms with E-state index >= 15 is 0 Å². The number of fused-ring (bicyclic) bond motifs is 1. The Bertz CT molecular complexity index is 978. The van der Waals surface area contributed by atoms with E-state index in [1.54, 1.807) is 6.92 Å². The summed E-state index contributed by atoms with van der Waals surface area (Å²) in [6, 6.07) is 8.28. The fraction of sp³-hybridized carbons (Fsp3) is 0.278. The lowest BCUT2D eigenvalue weighted by Crippen LogP contribution is -2.35. The molecule has 0 bridgehead atoms. The zero-order valence-electron chi connectivity index (χ0n) is 14.9. The van der Waals surface area contributed by atoms with E-state index in [1.165, 1.54) is 43.4 Å². The Hall–Kier alpha value is -2.65. The molecule has 2 aromatic carbocycles. The van der Waals surface area contributed by atoms with Gasteiger partial charge >= 0.3 is 0 Å². The van der Waals surface area contributed by atoms with Crippen LogP contribution in [0.1, 0.15) is 5.56 Å². The standard InChI is InChI=1S/C18H19FN2O5S/c1-12-3-4-13(19)9-15(12)20-18(22)11-21(2)27(23,24)14-5-6-16-17(10-14)26-8-7-25-16/h3-6,9-10H,7-8,11H2,1-2H3,(H,20,22). The Balaban J connectivity index is 1.73. The van der Waals surface area contributed by atoms with Gasteiger partial charge in [-0.05, 0) is 36.8 Å². The van der Waals surface area contributed by atoms with E-state index in [1.807, 2.05) is 0 Å². The monoisotopic (exact) mass is 394 g/mol. The van der Waals surface area contributed by atoms with Gasteiger partial charge in [-0.3, -0.25) is 4.79 Å². The van der Waals surface area contributed by atoms with Gasteiger partial charge in [0.05, 0.1) is 11.4 Å². The summed E-state index contributed by atoms with van der Waals surface area (Å²) < 4.78 is 50.5. The van der Waals surface area contributed by atoms with Gasteiger partial charge in [-0.1, -0.05) is 6.07 Å². The van der Waals surface area contributed by atoms with Crippen LogP contribution < -0.4 is 14.8 Å².